The van der Waals surface area contributed by atoms with E-state index in [1.165, 1.54) is 37.1 Å². The van der Waals surface area contributed by atoms with Crippen LogP contribution in [-0.2, 0) is 18.4 Å². The van der Waals surface area contributed by atoms with Gasteiger partial charge in [-0.3, -0.25) is 9.59 Å². The number of hydrogen-bond donors (Lipinski definition) is 3. The third-order valence-electron chi connectivity index (χ3n) is 6.13. The first kappa shape index (κ1) is 38.0. The van der Waals surface area contributed by atoms with Crippen LogP contribution in [0.25, 0.3) is 0 Å². The Kier molecular flexibility index (Phi) is 24.7. The van der Waals surface area contributed by atoms with Crippen molar-refractivity contribution < 1.29 is 23.2 Å². The molecule has 7 nitrogen and oxygen atoms in total. The molecule has 0 heterocycles. The zero-order valence-electron chi connectivity index (χ0n) is 25.0. The molecule has 226 valence electrons. The second-order valence-corrected chi connectivity index (χ2v) is 21.4. The number of nitrogens with one attached hydrogen (secondary N) is 2. The molecule has 0 saturated heterocycles. The molecule has 0 radical (unpaired) electrons. The summed E-state index contributed by atoms with van der Waals surface area (Å²) in [5.41, 5.74) is 0. The Morgan fingerprint density at radius 3 is 1.92 bits per heavy atom. The highest BCUT2D eigenvalue weighted by molar-refractivity contribution is 8.13. The SMILES string of the molecule is CCCCC[Si](C)(C)O[Si](C)(C)CCCCC(=O)NCCCCCCNC(=O)SCCOCCOCCS. The summed E-state index contributed by atoms with van der Waals surface area (Å²) < 4.78 is 17.4. The molecule has 2 N–H and O–H groups in total. The van der Waals surface area contributed by atoms with E-state index in [0.717, 1.165) is 51.1 Å². The first-order chi connectivity index (χ1) is 18.1. The second-order valence-electron chi connectivity index (χ2n) is 11.1. The molecule has 0 aliphatic heterocycles. The predicted octanol–water partition coefficient (Wildman–Crippen LogP) is 6.86. The first-order valence-electron chi connectivity index (χ1n) is 14.8. The van der Waals surface area contributed by atoms with Crippen LogP contribution in [-0.4, -0.2) is 78.8 Å². The summed E-state index contributed by atoms with van der Waals surface area (Å²) in [6.07, 6.45) is 10.5. The smallest absolute Gasteiger partial charge is 0.279 e. The van der Waals surface area contributed by atoms with Crippen LogP contribution < -0.4 is 10.6 Å². The molecule has 0 unspecified atom stereocenters. The van der Waals surface area contributed by atoms with Crippen LogP contribution in [0.15, 0.2) is 0 Å². The predicted molar refractivity (Wildman–Crippen MR) is 172 cm³/mol. The number of carbonyl (C=O) groups excluding carboxylic acids is 2. The van der Waals surface area contributed by atoms with Gasteiger partial charge in [0.25, 0.3) is 5.24 Å². The van der Waals surface area contributed by atoms with Crippen LogP contribution in [0.1, 0.15) is 71.1 Å². The maximum absolute atomic E-state index is 12.1. The number of rotatable bonds is 26. The lowest BCUT2D eigenvalue weighted by atomic mass is 10.2. The summed E-state index contributed by atoms with van der Waals surface area (Å²) in [7, 11) is -3.21. The number of amides is 2. The van der Waals surface area contributed by atoms with Crippen LogP contribution in [0, 0.1) is 0 Å². The van der Waals surface area contributed by atoms with Gasteiger partial charge in [0.1, 0.15) is 0 Å². The lowest BCUT2D eigenvalue weighted by Crippen LogP contribution is -2.44. The van der Waals surface area contributed by atoms with Gasteiger partial charge in [0.05, 0.1) is 26.4 Å². The van der Waals surface area contributed by atoms with Gasteiger partial charge >= 0.3 is 0 Å². The van der Waals surface area contributed by atoms with Gasteiger partial charge in [0, 0.05) is 31.0 Å². The van der Waals surface area contributed by atoms with Gasteiger partial charge < -0.3 is 24.2 Å². The number of thiol groups is 1. The van der Waals surface area contributed by atoms with Crippen LogP contribution in [0.5, 0.6) is 0 Å². The van der Waals surface area contributed by atoms with Crippen molar-refractivity contribution in [2.75, 3.05) is 51.0 Å². The van der Waals surface area contributed by atoms with Gasteiger partial charge in [0.2, 0.25) is 5.91 Å². The summed E-state index contributed by atoms with van der Waals surface area (Å²) in [5.74, 6) is 1.52. The minimum atomic E-state index is -1.65. The van der Waals surface area contributed by atoms with Gasteiger partial charge in [-0.15, -0.1) is 0 Å². The average Bonchev–Trinajstić information content (AvgIpc) is 2.84. The fraction of sp³-hybridized carbons (Fsp3) is 0.926. The monoisotopic (exact) mass is 610 g/mol. The summed E-state index contributed by atoms with van der Waals surface area (Å²) in [6.45, 7) is 15.4. The molecular weight excluding hydrogens is 553 g/mol. The van der Waals surface area contributed by atoms with Crippen molar-refractivity contribution in [2.45, 2.75) is 109 Å². The topological polar surface area (TPSA) is 85.9 Å². The molecule has 0 aromatic heterocycles. The van der Waals surface area contributed by atoms with E-state index in [1.54, 1.807) is 0 Å². The summed E-state index contributed by atoms with van der Waals surface area (Å²) in [4.78, 5) is 24.0. The van der Waals surface area contributed by atoms with E-state index in [4.69, 9.17) is 13.6 Å². The molecule has 0 aromatic carbocycles. The number of carbonyl (C=O) groups is 2. The first-order valence-corrected chi connectivity index (χ1v) is 22.6. The molecule has 0 atom stereocenters. The summed E-state index contributed by atoms with van der Waals surface area (Å²) >= 11 is 5.33. The van der Waals surface area contributed by atoms with E-state index in [9.17, 15) is 9.59 Å². The number of thioether (sulfide) groups is 1. The molecule has 0 spiro atoms. The van der Waals surface area contributed by atoms with Gasteiger partial charge in [-0.05, 0) is 57.5 Å². The highest BCUT2D eigenvalue weighted by Crippen LogP contribution is 2.25. The van der Waals surface area contributed by atoms with Gasteiger partial charge in [0.15, 0.2) is 16.6 Å². The van der Waals surface area contributed by atoms with Gasteiger partial charge in [-0.25, -0.2) is 0 Å². The van der Waals surface area contributed by atoms with Crippen LogP contribution in [0.2, 0.25) is 38.3 Å². The number of ether oxygens (including phenoxy) is 2. The van der Waals surface area contributed by atoms with Crippen molar-refractivity contribution in [3.05, 3.63) is 0 Å². The molecule has 11 heteroatoms. The maximum Gasteiger partial charge on any atom is 0.279 e. The quantitative estimate of drug-likeness (QED) is 0.0564. The summed E-state index contributed by atoms with van der Waals surface area (Å²) in [5, 5.41) is 5.99. The Labute approximate surface area is 245 Å². The van der Waals surface area contributed by atoms with E-state index < -0.39 is 16.6 Å². The minimum absolute atomic E-state index is 0.00238. The molecule has 0 rings (SSSR count). The fourth-order valence-corrected chi connectivity index (χ4v) is 14.0. The highest BCUT2D eigenvalue weighted by Gasteiger charge is 2.32. The standard InChI is InChI=1S/C27H58N2O5S2Si2/c1-6-7-13-24-37(2,3)34-38(4,5)25-14-10-15-26(30)28-16-11-8-9-12-17-29-27(31)36-23-21-33-19-18-32-20-22-35/h35H,6-25H2,1-5H3,(H,28,30)(H,29,31). The maximum atomic E-state index is 12.1. The van der Waals surface area contributed by atoms with Crippen LogP contribution in [0.4, 0.5) is 4.79 Å². The van der Waals surface area contributed by atoms with Gasteiger partial charge in [-0.2, -0.15) is 12.6 Å². The molecule has 0 bridgehead atoms. The Morgan fingerprint density at radius 2 is 1.32 bits per heavy atom. The van der Waals surface area contributed by atoms with Crippen LogP contribution in [0.3, 0.4) is 0 Å². The Balaban J connectivity index is 3.59. The highest BCUT2D eigenvalue weighted by atomic mass is 32.2. The lowest BCUT2D eigenvalue weighted by molar-refractivity contribution is -0.121. The molecule has 0 saturated carbocycles. The van der Waals surface area contributed by atoms with Gasteiger partial charge in [-0.1, -0.05) is 57.2 Å². The molecule has 0 aliphatic carbocycles. The number of unbranched alkanes of at least 4 members (excludes halogenated alkanes) is 6. The Bertz CT molecular complexity index is 602. The van der Waals surface area contributed by atoms with Crippen molar-refractivity contribution in [1.82, 2.24) is 10.6 Å². The number of hydrogen-bond acceptors (Lipinski definition) is 7. The molecule has 0 fully saturated rings. The Hall–Kier alpha value is -0.0462. The van der Waals surface area contributed by atoms with E-state index in [2.05, 4.69) is 56.4 Å². The third kappa shape index (κ3) is 26.2. The van der Waals surface area contributed by atoms with E-state index >= 15 is 0 Å². The summed E-state index contributed by atoms with van der Waals surface area (Å²) in [6, 6.07) is 2.40. The average molecular weight is 611 g/mol. The van der Waals surface area contributed by atoms with Crippen molar-refractivity contribution >= 4 is 52.2 Å². The zero-order valence-corrected chi connectivity index (χ0v) is 28.7. The molecule has 38 heavy (non-hydrogen) atoms. The minimum Gasteiger partial charge on any atom is -0.455 e. The molecular formula is C27H58N2O5S2Si2. The zero-order chi connectivity index (χ0) is 28.5. The third-order valence-corrected chi connectivity index (χ3v) is 14.6. The van der Waals surface area contributed by atoms with Crippen molar-refractivity contribution in [3.8, 4) is 0 Å². The molecule has 0 aliphatic rings. The Morgan fingerprint density at radius 1 is 0.737 bits per heavy atom. The van der Waals surface area contributed by atoms with E-state index in [1.807, 2.05) is 0 Å². The largest absolute Gasteiger partial charge is 0.455 e. The molecule has 2 amide bonds. The van der Waals surface area contributed by atoms with E-state index in [0.29, 0.717) is 50.9 Å². The van der Waals surface area contributed by atoms with Crippen molar-refractivity contribution in [2.24, 2.45) is 0 Å². The lowest BCUT2D eigenvalue weighted by Gasteiger charge is -2.34. The fourth-order valence-electron chi connectivity index (χ4n) is 4.23. The van der Waals surface area contributed by atoms with Crippen molar-refractivity contribution in [1.29, 1.82) is 0 Å². The van der Waals surface area contributed by atoms with Crippen LogP contribution >= 0.6 is 24.4 Å². The van der Waals surface area contributed by atoms with E-state index in [-0.39, 0.29) is 11.1 Å². The van der Waals surface area contributed by atoms with Crippen molar-refractivity contribution in [3.63, 3.8) is 0 Å². The second kappa shape index (κ2) is 24.7. The normalized spacial score (nSPS) is 12.1. The molecule has 0 aromatic rings.